The van der Waals surface area contributed by atoms with Gasteiger partial charge in [-0.2, -0.15) is 0 Å². The lowest BCUT2D eigenvalue weighted by Gasteiger charge is -2.12. The lowest BCUT2D eigenvalue weighted by Crippen LogP contribution is -2.39. The minimum atomic E-state index is -0.146. The van der Waals surface area contributed by atoms with Crippen LogP contribution in [0.15, 0.2) is 35.6 Å². The van der Waals surface area contributed by atoms with Gasteiger partial charge in [0.05, 0.1) is 0 Å². The van der Waals surface area contributed by atoms with Gasteiger partial charge in [-0.05, 0) is 31.0 Å². The van der Waals surface area contributed by atoms with Crippen molar-refractivity contribution >= 4 is 41.5 Å². The van der Waals surface area contributed by atoms with E-state index in [4.69, 9.17) is 0 Å². The summed E-state index contributed by atoms with van der Waals surface area (Å²) in [6.07, 6.45) is 3.50. The van der Waals surface area contributed by atoms with Crippen molar-refractivity contribution in [2.75, 3.05) is 25.0 Å². The number of hydrogen-bond donors (Lipinski definition) is 3. The SMILES string of the molecule is CCNC(=NCC(=O)Nc1cccc(CC)c1)NCCn1cnnc1CC.I. The number of carbonyl (C=O) groups excluding carboxylic acids is 1. The summed E-state index contributed by atoms with van der Waals surface area (Å²) < 4.78 is 2.00. The van der Waals surface area contributed by atoms with Gasteiger partial charge >= 0.3 is 0 Å². The van der Waals surface area contributed by atoms with Crippen molar-refractivity contribution in [1.82, 2.24) is 25.4 Å². The summed E-state index contributed by atoms with van der Waals surface area (Å²) in [5.74, 6) is 1.42. The Morgan fingerprint density at radius 3 is 2.71 bits per heavy atom. The van der Waals surface area contributed by atoms with E-state index in [1.54, 1.807) is 6.33 Å². The fourth-order valence-corrected chi connectivity index (χ4v) is 2.60. The van der Waals surface area contributed by atoms with E-state index in [-0.39, 0.29) is 36.4 Å². The highest BCUT2D eigenvalue weighted by Gasteiger charge is 2.05. The van der Waals surface area contributed by atoms with E-state index in [1.165, 1.54) is 5.56 Å². The summed E-state index contributed by atoms with van der Waals surface area (Å²) in [6.45, 7) is 8.30. The standard InChI is InChI=1S/C19H29N7O.HI/c1-4-15-8-7-9-16(12-15)24-18(27)13-22-19(20-6-3)21-10-11-26-14-23-25-17(26)5-2;/h7-9,12,14H,4-6,10-11,13H2,1-3H3,(H,24,27)(H2,20,21,22);1H. The van der Waals surface area contributed by atoms with E-state index in [2.05, 4.69) is 38.1 Å². The maximum absolute atomic E-state index is 12.2. The molecule has 2 rings (SSSR count). The van der Waals surface area contributed by atoms with Crippen LogP contribution >= 0.6 is 24.0 Å². The zero-order chi connectivity index (χ0) is 19.5. The van der Waals surface area contributed by atoms with E-state index >= 15 is 0 Å². The Bertz CT molecular complexity index is 760. The number of guanidine groups is 1. The number of amides is 1. The van der Waals surface area contributed by atoms with Crippen LogP contribution in [-0.4, -0.2) is 46.3 Å². The van der Waals surface area contributed by atoms with Crippen molar-refractivity contribution in [2.24, 2.45) is 4.99 Å². The van der Waals surface area contributed by atoms with Gasteiger partial charge in [-0.25, -0.2) is 4.99 Å². The minimum Gasteiger partial charge on any atom is -0.357 e. The fraction of sp³-hybridized carbons (Fsp3) is 0.474. The molecular formula is C19H30IN7O. The molecule has 0 aliphatic carbocycles. The van der Waals surface area contributed by atoms with Crippen LogP contribution in [0.4, 0.5) is 5.69 Å². The Balaban J connectivity index is 0.00000392. The molecule has 0 atom stereocenters. The molecule has 0 aliphatic rings. The summed E-state index contributed by atoms with van der Waals surface area (Å²) >= 11 is 0. The first-order valence-electron chi connectivity index (χ1n) is 9.43. The van der Waals surface area contributed by atoms with Gasteiger partial charge in [-0.15, -0.1) is 34.2 Å². The van der Waals surface area contributed by atoms with Gasteiger partial charge in [-0.3, -0.25) is 4.79 Å². The molecule has 154 valence electrons. The number of anilines is 1. The molecule has 28 heavy (non-hydrogen) atoms. The van der Waals surface area contributed by atoms with Gasteiger partial charge in [0.2, 0.25) is 5.91 Å². The van der Waals surface area contributed by atoms with E-state index in [1.807, 2.05) is 42.7 Å². The fourth-order valence-electron chi connectivity index (χ4n) is 2.60. The minimum absolute atomic E-state index is 0. The van der Waals surface area contributed by atoms with Gasteiger partial charge in [0.15, 0.2) is 5.96 Å². The van der Waals surface area contributed by atoms with Crippen LogP contribution in [0.1, 0.15) is 32.2 Å². The van der Waals surface area contributed by atoms with E-state index in [0.717, 1.165) is 37.4 Å². The molecule has 0 saturated carbocycles. The highest BCUT2D eigenvalue weighted by atomic mass is 127. The number of benzene rings is 1. The number of rotatable bonds is 9. The molecule has 1 aromatic carbocycles. The van der Waals surface area contributed by atoms with Crippen LogP contribution < -0.4 is 16.0 Å². The van der Waals surface area contributed by atoms with Crippen molar-refractivity contribution < 1.29 is 4.79 Å². The van der Waals surface area contributed by atoms with Crippen LogP contribution in [0.2, 0.25) is 0 Å². The summed E-state index contributed by atoms with van der Waals surface area (Å²) in [4.78, 5) is 16.5. The number of hydrogen-bond acceptors (Lipinski definition) is 4. The van der Waals surface area contributed by atoms with Crippen LogP contribution in [0.3, 0.4) is 0 Å². The number of aryl methyl sites for hydroxylation is 2. The quantitative estimate of drug-likeness (QED) is 0.280. The highest BCUT2D eigenvalue weighted by molar-refractivity contribution is 14.0. The Hall–Kier alpha value is -2.17. The molecule has 0 saturated heterocycles. The third-order valence-electron chi connectivity index (χ3n) is 4.00. The number of carbonyl (C=O) groups is 1. The van der Waals surface area contributed by atoms with Crippen molar-refractivity contribution in [2.45, 2.75) is 40.2 Å². The first-order chi connectivity index (χ1) is 13.2. The Morgan fingerprint density at radius 2 is 2.00 bits per heavy atom. The van der Waals surface area contributed by atoms with Gasteiger partial charge in [0, 0.05) is 31.7 Å². The first kappa shape index (κ1) is 23.9. The van der Waals surface area contributed by atoms with Crippen LogP contribution in [0.5, 0.6) is 0 Å². The molecule has 1 aromatic heterocycles. The van der Waals surface area contributed by atoms with Crippen molar-refractivity contribution in [1.29, 1.82) is 0 Å². The average Bonchev–Trinajstić information content (AvgIpc) is 3.13. The number of aromatic nitrogens is 3. The monoisotopic (exact) mass is 499 g/mol. The molecule has 1 amide bonds. The number of nitrogens with one attached hydrogen (secondary N) is 3. The second-order valence-electron chi connectivity index (χ2n) is 6.02. The molecule has 9 heteroatoms. The van der Waals surface area contributed by atoms with Crippen molar-refractivity contribution in [3.05, 3.63) is 42.0 Å². The molecule has 0 bridgehead atoms. The summed E-state index contributed by atoms with van der Waals surface area (Å²) in [5.41, 5.74) is 1.99. The smallest absolute Gasteiger partial charge is 0.246 e. The number of halogens is 1. The number of aliphatic imine (C=N–C) groups is 1. The third-order valence-corrected chi connectivity index (χ3v) is 4.00. The summed E-state index contributed by atoms with van der Waals surface area (Å²) in [7, 11) is 0. The molecule has 1 heterocycles. The molecule has 0 fully saturated rings. The van der Waals surface area contributed by atoms with Gasteiger partial charge in [0.1, 0.15) is 18.7 Å². The van der Waals surface area contributed by atoms with Gasteiger partial charge in [-0.1, -0.05) is 26.0 Å². The van der Waals surface area contributed by atoms with Gasteiger partial charge < -0.3 is 20.5 Å². The Morgan fingerprint density at radius 1 is 1.18 bits per heavy atom. The number of nitrogens with zero attached hydrogens (tertiary/aromatic N) is 4. The lowest BCUT2D eigenvalue weighted by atomic mass is 10.1. The summed E-state index contributed by atoms with van der Waals surface area (Å²) in [6, 6.07) is 7.85. The topological polar surface area (TPSA) is 96.2 Å². The molecule has 0 unspecified atom stereocenters. The Kier molecular flexibility index (Phi) is 11.2. The largest absolute Gasteiger partial charge is 0.357 e. The molecule has 3 N–H and O–H groups in total. The highest BCUT2D eigenvalue weighted by Crippen LogP contribution is 2.10. The molecule has 0 aliphatic heterocycles. The first-order valence-corrected chi connectivity index (χ1v) is 9.43. The van der Waals surface area contributed by atoms with Gasteiger partial charge in [0.25, 0.3) is 0 Å². The van der Waals surface area contributed by atoms with Crippen LogP contribution in [0.25, 0.3) is 0 Å². The normalized spacial score (nSPS) is 10.9. The second-order valence-corrected chi connectivity index (χ2v) is 6.02. The van der Waals surface area contributed by atoms with E-state index < -0.39 is 0 Å². The lowest BCUT2D eigenvalue weighted by molar-refractivity contribution is -0.114. The predicted octanol–water partition coefficient (Wildman–Crippen LogP) is 2.21. The molecular weight excluding hydrogens is 469 g/mol. The zero-order valence-electron chi connectivity index (χ0n) is 16.7. The maximum Gasteiger partial charge on any atom is 0.246 e. The van der Waals surface area contributed by atoms with Crippen molar-refractivity contribution in [3.63, 3.8) is 0 Å². The predicted molar refractivity (Wildman–Crippen MR) is 123 cm³/mol. The average molecular weight is 499 g/mol. The molecule has 8 nitrogen and oxygen atoms in total. The zero-order valence-corrected chi connectivity index (χ0v) is 19.1. The molecule has 2 aromatic rings. The third kappa shape index (κ3) is 7.83. The summed E-state index contributed by atoms with van der Waals surface area (Å²) in [5, 5.41) is 17.3. The van der Waals surface area contributed by atoms with Crippen LogP contribution in [0, 0.1) is 0 Å². The van der Waals surface area contributed by atoms with E-state index in [0.29, 0.717) is 12.5 Å². The molecule has 0 radical (unpaired) electrons. The van der Waals surface area contributed by atoms with Crippen LogP contribution in [-0.2, 0) is 24.2 Å². The second kappa shape index (κ2) is 13.1. The van der Waals surface area contributed by atoms with E-state index in [9.17, 15) is 4.79 Å². The molecule has 0 spiro atoms. The maximum atomic E-state index is 12.2. The Labute approximate surface area is 183 Å². The van der Waals surface area contributed by atoms with Crippen molar-refractivity contribution in [3.8, 4) is 0 Å².